The fourth-order valence-electron chi connectivity index (χ4n) is 3.07. The van der Waals surface area contributed by atoms with Gasteiger partial charge in [0.2, 0.25) is 5.91 Å². The van der Waals surface area contributed by atoms with E-state index in [0.717, 1.165) is 28.2 Å². The molecule has 26 heavy (non-hydrogen) atoms. The first-order chi connectivity index (χ1) is 12.5. The molecule has 0 radical (unpaired) electrons. The Bertz CT molecular complexity index is 896. The second-order valence-corrected chi connectivity index (χ2v) is 6.28. The van der Waals surface area contributed by atoms with Crippen LogP contribution in [0.15, 0.2) is 42.7 Å². The Kier molecular flexibility index (Phi) is 5.18. The van der Waals surface area contributed by atoms with Crippen molar-refractivity contribution in [3.05, 3.63) is 65.2 Å². The lowest BCUT2D eigenvalue weighted by molar-refractivity contribution is -0.123. The van der Waals surface area contributed by atoms with Gasteiger partial charge in [0.15, 0.2) is 0 Å². The van der Waals surface area contributed by atoms with Gasteiger partial charge in [-0.2, -0.15) is 10.2 Å². The largest absolute Gasteiger partial charge is 0.350 e. The van der Waals surface area contributed by atoms with Crippen LogP contribution in [0.1, 0.15) is 28.6 Å². The van der Waals surface area contributed by atoms with E-state index in [2.05, 4.69) is 20.8 Å². The highest BCUT2D eigenvalue weighted by Crippen LogP contribution is 2.18. The van der Waals surface area contributed by atoms with Gasteiger partial charge in [-0.05, 0) is 33.0 Å². The van der Waals surface area contributed by atoms with Crippen molar-refractivity contribution >= 4 is 5.91 Å². The maximum Gasteiger partial charge on any atom is 0.242 e. The van der Waals surface area contributed by atoms with Crippen LogP contribution in [0.5, 0.6) is 0 Å². The number of benzene rings is 1. The molecule has 0 saturated carbocycles. The lowest BCUT2D eigenvalue weighted by atomic mass is 10.1. The van der Waals surface area contributed by atoms with Gasteiger partial charge < -0.3 is 10.6 Å². The minimum atomic E-state index is -0.437. The summed E-state index contributed by atoms with van der Waals surface area (Å²) in [5.74, 6) is -0.0910. The number of amides is 1. The highest BCUT2D eigenvalue weighted by atomic mass is 16.2. The quantitative estimate of drug-likeness (QED) is 0.709. The highest BCUT2D eigenvalue weighted by molar-refractivity contribution is 5.83. The molecule has 0 aliphatic rings. The number of nitrogens with one attached hydrogen (secondary N) is 2. The van der Waals surface area contributed by atoms with Gasteiger partial charge in [0.25, 0.3) is 0 Å². The van der Waals surface area contributed by atoms with Gasteiger partial charge in [-0.25, -0.2) is 4.68 Å². The second kappa shape index (κ2) is 7.53. The van der Waals surface area contributed by atoms with Gasteiger partial charge in [0.1, 0.15) is 6.04 Å². The Morgan fingerprint density at radius 3 is 2.58 bits per heavy atom. The molecule has 0 aliphatic heterocycles. The number of aromatic nitrogens is 4. The number of nitrogens with zero attached hydrogens (tertiary/aromatic N) is 4. The maximum atomic E-state index is 12.6. The second-order valence-electron chi connectivity index (χ2n) is 6.28. The van der Waals surface area contributed by atoms with E-state index >= 15 is 0 Å². The molecule has 1 aromatic carbocycles. The topological polar surface area (TPSA) is 76.8 Å². The summed E-state index contributed by atoms with van der Waals surface area (Å²) in [4.78, 5) is 12.6. The molecule has 1 amide bonds. The molecule has 0 aliphatic carbocycles. The Hall–Kier alpha value is -2.93. The van der Waals surface area contributed by atoms with E-state index in [4.69, 9.17) is 0 Å². The molecule has 2 N–H and O–H groups in total. The Morgan fingerprint density at radius 1 is 1.23 bits per heavy atom. The Morgan fingerprint density at radius 2 is 1.96 bits per heavy atom. The molecule has 0 spiro atoms. The van der Waals surface area contributed by atoms with Crippen LogP contribution < -0.4 is 10.6 Å². The lowest BCUT2D eigenvalue weighted by Gasteiger charge is -2.14. The van der Waals surface area contributed by atoms with Gasteiger partial charge >= 0.3 is 0 Å². The van der Waals surface area contributed by atoms with Crippen molar-refractivity contribution in [1.29, 1.82) is 0 Å². The standard InChI is InChI=1S/C19H24N6O/c1-13-17(14(2)25(23-13)16-8-6-5-7-9-16)11-21-19(26)18(20-3)15-10-22-24(4)12-15/h5-10,12,18,20H,11H2,1-4H3,(H,21,26). The first kappa shape index (κ1) is 17.9. The van der Waals surface area contributed by atoms with Crippen LogP contribution in [-0.2, 0) is 18.4 Å². The number of para-hydroxylation sites is 1. The van der Waals surface area contributed by atoms with Crippen LogP contribution >= 0.6 is 0 Å². The summed E-state index contributed by atoms with van der Waals surface area (Å²) in [6.07, 6.45) is 3.54. The first-order valence-electron chi connectivity index (χ1n) is 8.55. The summed E-state index contributed by atoms with van der Waals surface area (Å²) in [6.45, 7) is 4.41. The third-order valence-electron chi connectivity index (χ3n) is 4.49. The Labute approximate surface area is 153 Å². The van der Waals surface area contributed by atoms with E-state index in [1.807, 2.05) is 62.1 Å². The highest BCUT2D eigenvalue weighted by Gasteiger charge is 2.21. The van der Waals surface area contributed by atoms with Crippen LogP contribution in [0.25, 0.3) is 5.69 Å². The number of carbonyl (C=O) groups excluding carboxylic acids is 1. The molecule has 0 fully saturated rings. The zero-order chi connectivity index (χ0) is 18.7. The van der Waals surface area contributed by atoms with Gasteiger partial charge in [-0.15, -0.1) is 0 Å². The molecule has 3 aromatic rings. The minimum Gasteiger partial charge on any atom is -0.350 e. The molecule has 1 unspecified atom stereocenters. The van der Waals surface area contributed by atoms with Crippen LogP contribution in [0.4, 0.5) is 0 Å². The predicted octanol–water partition coefficient (Wildman–Crippen LogP) is 1.80. The van der Waals surface area contributed by atoms with Crippen molar-refractivity contribution in [2.75, 3.05) is 7.05 Å². The number of aryl methyl sites for hydroxylation is 2. The molecule has 2 aromatic heterocycles. The average Bonchev–Trinajstić information content (AvgIpc) is 3.18. The maximum absolute atomic E-state index is 12.6. The SMILES string of the molecule is CNC(C(=O)NCc1c(C)nn(-c2ccccc2)c1C)c1cnn(C)c1. The molecule has 7 heteroatoms. The molecule has 7 nitrogen and oxygen atoms in total. The van der Waals surface area contributed by atoms with Gasteiger partial charge in [0, 0.05) is 36.6 Å². The number of carbonyl (C=O) groups is 1. The molecular formula is C19H24N6O. The van der Waals surface area contributed by atoms with E-state index in [0.29, 0.717) is 6.54 Å². The predicted molar refractivity (Wildman–Crippen MR) is 99.9 cm³/mol. The summed E-state index contributed by atoms with van der Waals surface area (Å²) in [7, 11) is 3.60. The zero-order valence-electron chi connectivity index (χ0n) is 15.5. The van der Waals surface area contributed by atoms with Gasteiger partial charge in [-0.3, -0.25) is 9.48 Å². The molecule has 3 rings (SSSR count). The third-order valence-corrected chi connectivity index (χ3v) is 4.49. The molecule has 2 heterocycles. The van der Waals surface area contributed by atoms with Crippen molar-refractivity contribution in [2.45, 2.75) is 26.4 Å². The van der Waals surface area contributed by atoms with Crippen molar-refractivity contribution < 1.29 is 4.79 Å². The molecule has 0 saturated heterocycles. The lowest BCUT2D eigenvalue weighted by Crippen LogP contribution is -2.35. The van der Waals surface area contributed by atoms with Crippen molar-refractivity contribution in [1.82, 2.24) is 30.2 Å². The molecule has 136 valence electrons. The van der Waals surface area contributed by atoms with Crippen molar-refractivity contribution in [3.8, 4) is 5.69 Å². The van der Waals surface area contributed by atoms with E-state index in [9.17, 15) is 4.79 Å². The summed E-state index contributed by atoms with van der Waals surface area (Å²) in [6, 6.07) is 9.54. The molecular weight excluding hydrogens is 328 g/mol. The van der Waals surface area contributed by atoms with Crippen LogP contribution in [-0.4, -0.2) is 32.5 Å². The summed E-state index contributed by atoms with van der Waals surface area (Å²) < 4.78 is 3.60. The summed E-state index contributed by atoms with van der Waals surface area (Å²) in [5, 5.41) is 14.8. The zero-order valence-corrected chi connectivity index (χ0v) is 15.5. The monoisotopic (exact) mass is 352 g/mol. The van der Waals surface area contributed by atoms with E-state index in [1.165, 1.54) is 0 Å². The number of rotatable bonds is 6. The average molecular weight is 352 g/mol. The van der Waals surface area contributed by atoms with Gasteiger partial charge in [-0.1, -0.05) is 18.2 Å². The number of likely N-dealkylation sites (N-methyl/N-ethyl adjacent to an activating group) is 1. The molecule has 1 atom stereocenters. The summed E-state index contributed by atoms with van der Waals surface area (Å²) in [5.41, 5.74) is 4.81. The minimum absolute atomic E-state index is 0.0910. The fourth-order valence-corrected chi connectivity index (χ4v) is 3.07. The van der Waals surface area contributed by atoms with Crippen molar-refractivity contribution in [2.24, 2.45) is 7.05 Å². The molecule has 0 bridgehead atoms. The van der Waals surface area contributed by atoms with E-state index < -0.39 is 6.04 Å². The summed E-state index contributed by atoms with van der Waals surface area (Å²) >= 11 is 0. The van der Waals surface area contributed by atoms with Crippen molar-refractivity contribution in [3.63, 3.8) is 0 Å². The normalized spacial score (nSPS) is 12.2. The van der Waals surface area contributed by atoms with E-state index in [-0.39, 0.29) is 5.91 Å². The smallest absolute Gasteiger partial charge is 0.242 e. The number of hydrogen-bond acceptors (Lipinski definition) is 4. The fraction of sp³-hybridized carbons (Fsp3) is 0.316. The van der Waals surface area contributed by atoms with Gasteiger partial charge in [0.05, 0.1) is 17.6 Å². The third kappa shape index (κ3) is 3.52. The first-order valence-corrected chi connectivity index (χ1v) is 8.55. The van der Waals surface area contributed by atoms with Crippen LogP contribution in [0.2, 0.25) is 0 Å². The number of hydrogen-bond donors (Lipinski definition) is 2. The van der Waals surface area contributed by atoms with E-state index in [1.54, 1.807) is 17.9 Å². The van der Waals surface area contributed by atoms with Crippen LogP contribution in [0.3, 0.4) is 0 Å². The Balaban J connectivity index is 1.75. The van der Waals surface area contributed by atoms with Crippen LogP contribution in [0, 0.1) is 13.8 Å².